The van der Waals surface area contributed by atoms with Crippen LogP contribution in [0.25, 0.3) is 0 Å². The lowest BCUT2D eigenvalue weighted by molar-refractivity contribution is -0.120. The van der Waals surface area contributed by atoms with Crippen LogP contribution in [0, 0.1) is 0 Å². The molecule has 1 aliphatic heterocycles. The summed E-state index contributed by atoms with van der Waals surface area (Å²) in [5.41, 5.74) is 0.472. The zero-order valence-electron chi connectivity index (χ0n) is 10.9. The predicted octanol–water partition coefficient (Wildman–Crippen LogP) is 2.91. The van der Waals surface area contributed by atoms with Crippen LogP contribution in [0.5, 0.6) is 0 Å². The molecule has 1 heterocycles. The molecule has 6 heteroatoms. The highest BCUT2D eigenvalue weighted by Crippen LogP contribution is 2.30. The van der Waals surface area contributed by atoms with Crippen molar-refractivity contribution in [2.45, 2.75) is 32.4 Å². The molecule has 1 atom stereocenters. The van der Waals surface area contributed by atoms with Gasteiger partial charge in [0.05, 0.1) is 0 Å². The van der Waals surface area contributed by atoms with Gasteiger partial charge in [0.2, 0.25) is 0 Å². The molecular formula is C13H15Cl2N3O. The summed E-state index contributed by atoms with van der Waals surface area (Å²) in [6.45, 7) is 5.97. The Morgan fingerprint density at radius 1 is 1.32 bits per heavy atom. The first-order valence-corrected chi connectivity index (χ1v) is 6.64. The molecule has 0 aromatic heterocycles. The highest BCUT2D eigenvalue weighted by molar-refractivity contribution is 6.35. The molecule has 1 aromatic carbocycles. The number of carbonyl (C=O) groups is 1. The number of amides is 1. The topological polar surface area (TPSA) is 53.5 Å². The maximum Gasteiger partial charge on any atom is 0.256 e. The summed E-state index contributed by atoms with van der Waals surface area (Å²) in [5, 5.41) is 6.81. The second kappa shape index (κ2) is 5.02. The number of hydrogen-bond donors (Lipinski definition) is 2. The van der Waals surface area contributed by atoms with Crippen LogP contribution < -0.4 is 10.6 Å². The number of guanidine groups is 1. The number of benzene rings is 1. The maximum absolute atomic E-state index is 12.0. The van der Waals surface area contributed by atoms with E-state index in [1.165, 1.54) is 0 Å². The minimum Gasteiger partial charge on any atom is -0.351 e. The lowest BCUT2D eigenvalue weighted by atomic mass is 10.1. The van der Waals surface area contributed by atoms with Gasteiger partial charge < -0.3 is 5.32 Å². The van der Waals surface area contributed by atoms with Gasteiger partial charge in [0.1, 0.15) is 0 Å². The smallest absolute Gasteiger partial charge is 0.256 e. The molecule has 0 spiro atoms. The summed E-state index contributed by atoms with van der Waals surface area (Å²) >= 11 is 11.9. The summed E-state index contributed by atoms with van der Waals surface area (Å²) in [7, 11) is 0. The van der Waals surface area contributed by atoms with Crippen molar-refractivity contribution in [1.29, 1.82) is 0 Å². The van der Waals surface area contributed by atoms with E-state index in [0.717, 1.165) is 0 Å². The number of nitrogens with one attached hydrogen (secondary N) is 2. The van der Waals surface area contributed by atoms with Crippen LogP contribution in [-0.4, -0.2) is 17.4 Å². The first kappa shape index (κ1) is 14.2. The monoisotopic (exact) mass is 299 g/mol. The molecule has 1 aromatic rings. The zero-order valence-corrected chi connectivity index (χ0v) is 12.4. The van der Waals surface area contributed by atoms with Crippen LogP contribution in [0.2, 0.25) is 10.0 Å². The molecule has 0 bridgehead atoms. The lowest BCUT2D eigenvalue weighted by Crippen LogP contribution is -2.46. The van der Waals surface area contributed by atoms with Crippen LogP contribution in [0.1, 0.15) is 32.4 Å². The van der Waals surface area contributed by atoms with Gasteiger partial charge in [-0.05, 0) is 32.9 Å². The Bertz CT molecular complexity index is 549. The molecule has 2 rings (SSSR count). The van der Waals surface area contributed by atoms with Gasteiger partial charge in [0.25, 0.3) is 5.91 Å². The lowest BCUT2D eigenvalue weighted by Gasteiger charge is -2.21. The van der Waals surface area contributed by atoms with E-state index in [1.54, 1.807) is 18.2 Å². The Morgan fingerprint density at radius 2 is 2.00 bits per heavy atom. The number of aliphatic imine (C=N–C) groups is 1. The first-order valence-electron chi connectivity index (χ1n) is 5.88. The molecule has 102 valence electrons. The molecule has 1 aliphatic rings. The number of nitrogens with zero attached hydrogens (tertiary/aromatic N) is 1. The van der Waals surface area contributed by atoms with Crippen LogP contribution in [0.4, 0.5) is 0 Å². The minimum atomic E-state index is -0.630. The van der Waals surface area contributed by atoms with Crippen molar-refractivity contribution in [3.63, 3.8) is 0 Å². The van der Waals surface area contributed by atoms with Gasteiger partial charge in [-0.1, -0.05) is 29.3 Å². The Balaban J connectivity index is 2.27. The molecule has 0 radical (unpaired) electrons. The van der Waals surface area contributed by atoms with Gasteiger partial charge in [-0.3, -0.25) is 10.1 Å². The van der Waals surface area contributed by atoms with Crippen molar-refractivity contribution in [1.82, 2.24) is 10.6 Å². The van der Waals surface area contributed by atoms with Gasteiger partial charge >= 0.3 is 0 Å². The van der Waals surface area contributed by atoms with E-state index in [0.29, 0.717) is 21.6 Å². The maximum atomic E-state index is 12.0. The largest absolute Gasteiger partial charge is 0.351 e. The Kier molecular flexibility index (Phi) is 3.74. The number of carbonyl (C=O) groups excluding carboxylic acids is 1. The van der Waals surface area contributed by atoms with Crippen molar-refractivity contribution in [2.24, 2.45) is 4.99 Å². The van der Waals surface area contributed by atoms with Crippen LogP contribution >= 0.6 is 23.2 Å². The predicted molar refractivity (Wildman–Crippen MR) is 77.7 cm³/mol. The summed E-state index contributed by atoms with van der Waals surface area (Å²) in [6.07, 6.45) is 0. The SMILES string of the molecule is CC(C)(C)NC1=NC(c2ccc(Cl)cc2Cl)C(=O)N1. The van der Waals surface area contributed by atoms with E-state index in [1.807, 2.05) is 20.8 Å². The second-order valence-electron chi connectivity index (χ2n) is 5.41. The zero-order chi connectivity index (χ0) is 14.2. The van der Waals surface area contributed by atoms with E-state index in [4.69, 9.17) is 23.2 Å². The molecular weight excluding hydrogens is 285 g/mol. The van der Waals surface area contributed by atoms with Crippen LogP contribution in [-0.2, 0) is 4.79 Å². The molecule has 0 saturated carbocycles. The summed E-state index contributed by atoms with van der Waals surface area (Å²) in [4.78, 5) is 16.3. The van der Waals surface area contributed by atoms with Gasteiger partial charge in [-0.15, -0.1) is 0 Å². The van der Waals surface area contributed by atoms with E-state index in [-0.39, 0.29) is 11.4 Å². The Morgan fingerprint density at radius 3 is 2.58 bits per heavy atom. The van der Waals surface area contributed by atoms with Crippen molar-refractivity contribution < 1.29 is 4.79 Å². The Hall–Kier alpha value is -1.26. The van der Waals surface area contributed by atoms with Gasteiger partial charge in [-0.25, -0.2) is 4.99 Å². The molecule has 0 aliphatic carbocycles. The van der Waals surface area contributed by atoms with Gasteiger partial charge in [-0.2, -0.15) is 0 Å². The summed E-state index contributed by atoms with van der Waals surface area (Å²) in [5.74, 6) is 0.268. The quantitative estimate of drug-likeness (QED) is 0.838. The Labute approximate surface area is 122 Å². The van der Waals surface area contributed by atoms with Crippen LogP contribution in [0.15, 0.2) is 23.2 Å². The molecule has 1 amide bonds. The summed E-state index contributed by atoms with van der Waals surface area (Å²) < 4.78 is 0. The third-order valence-corrected chi connectivity index (χ3v) is 3.06. The first-order chi connectivity index (χ1) is 8.76. The fourth-order valence-electron chi connectivity index (χ4n) is 1.76. The number of rotatable bonds is 1. The molecule has 0 fully saturated rings. The standard InChI is InChI=1S/C13H15Cl2N3O/c1-13(2,3)18-12-16-10(11(19)17-12)8-5-4-7(14)6-9(8)15/h4-6,10H,1-3H3,(H2,16,17,18,19). The molecule has 0 saturated heterocycles. The van der Waals surface area contributed by atoms with Crippen molar-refractivity contribution >= 4 is 35.1 Å². The number of hydrogen-bond acceptors (Lipinski definition) is 3. The molecule has 2 N–H and O–H groups in total. The van der Waals surface area contributed by atoms with Crippen molar-refractivity contribution in [3.8, 4) is 0 Å². The highest BCUT2D eigenvalue weighted by atomic mass is 35.5. The van der Waals surface area contributed by atoms with E-state index >= 15 is 0 Å². The average molecular weight is 300 g/mol. The van der Waals surface area contributed by atoms with E-state index in [9.17, 15) is 4.79 Å². The average Bonchev–Trinajstić information content (AvgIpc) is 2.56. The van der Waals surface area contributed by atoms with Crippen LogP contribution in [0.3, 0.4) is 0 Å². The second-order valence-corrected chi connectivity index (χ2v) is 6.25. The van der Waals surface area contributed by atoms with E-state index < -0.39 is 6.04 Å². The van der Waals surface area contributed by atoms with Crippen molar-refractivity contribution in [2.75, 3.05) is 0 Å². The summed E-state index contributed by atoms with van der Waals surface area (Å²) in [6, 6.07) is 4.39. The molecule has 4 nitrogen and oxygen atoms in total. The normalized spacial score (nSPS) is 19.1. The minimum absolute atomic E-state index is 0.176. The van der Waals surface area contributed by atoms with Gasteiger partial charge in [0, 0.05) is 21.1 Å². The molecule has 1 unspecified atom stereocenters. The fourth-order valence-corrected chi connectivity index (χ4v) is 2.27. The number of halogens is 2. The fraction of sp³-hybridized carbons (Fsp3) is 0.385. The molecule has 19 heavy (non-hydrogen) atoms. The third-order valence-electron chi connectivity index (χ3n) is 2.50. The highest BCUT2D eigenvalue weighted by Gasteiger charge is 2.30. The van der Waals surface area contributed by atoms with E-state index in [2.05, 4.69) is 15.6 Å². The third kappa shape index (κ3) is 3.39. The van der Waals surface area contributed by atoms with Gasteiger partial charge in [0.15, 0.2) is 12.0 Å². The van der Waals surface area contributed by atoms with Crippen molar-refractivity contribution in [3.05, 3.63) is 33.8 Å².